The molecule has 55 heavy (non-hydrogen) atoms. The lowest BCUT2D eigenvalue weighted by molar-refractivity contribution is -0.161. The predicted molar refractivity (Wildman–Crippen MR) is 228 cm³/mol. The highest BCUT2D eigenvalue weighted by Gasteiger charge is 2.25. The number of nitrogens with two attached hydrogens (primary N) is 1. The quantitative estimate of drug-likeness (QED) is 0.0275. The monoisotopic (exact) mass is 785 g/mol. The lowest BCUT2D eigenvalue weighted by Crippen LogP contribution is -2.29. The summed E-state index contributed by atoms with van der Waals surface area (Å²) in [6.07, 6.45) is 52.8. The van der Waals surface area contributed by atoms with E-state index >= 15 is 0 Å². The van der Waals surface area contributed by atoms with E-state index in [2.05, 4.69) is 111 Å². The minimum Gasteiger partial charge on any atom is -0.462 e. The van der Waals surface area contributed by atoms with Gasteiger partial charge in [-0.1, -0.05) is 136 Å². The molecule has 0 spiro atoms. The fourth-order valence-electron chi connectivity index (χ4n) is 4.66. The van der Waals surface area contributed by atoms with Crippen LogP contribution in [0.15, 0.2) is 109 Å². The van der Waals surface area contributed by atoms with E-state index in [1.54, 1.807) is 0 Å². The summed E-state index contributed by atoms with van der Waals surface area (Å²) in [4.78, 5) is 34.7. The highest BCUT2D eigenvalue weighted by molar-refractivity contribution is 7.47. The van der Waals surface area contributed by atoms with Crippen molar-refractivity contribution in [1.29, 1.82) is 0 Å². The maximum Gasteiger partial charge on any atom is 0.472 e. The average molecular weight is 786 g/mol. The normalized spacial score (nSPS) is 14.5. The molecule has 0 saturated heterocycles. The van der Waals surface area contributed by atoms with Crippen LogP contribution in [0.2, 0.25) is 0 Å². The minimum atomic E-state index is -4.41. The average Bonchev–Trinajstić information content (AvgIpc) is 3.17. The minimum absolute atomic E-state index is 0.0306. The Morgan fingerprint density at radius 3 is 1.49 bits per heavy atom. The van der Waals surface area contributed by atoms with E-state index < -0.39 is 32.5 Å². The third kappa shape index (κ3) is 40.2. The van der Waals surface area contributed by atoms with Gasteiger partial charge in [-0.05, 0) is 89.9 Å². The SMILES string of the molecule is CC/C=C/C/C=C/C/C=C/C/C=C/CCCCC(=O)O[C@H](COC(=O)CC/C=C/C/C=C/C/C=C/C/C=C/C/C=C/CCCCC)COP(=O)(O)OCCN. The second-order valence-electron chi connectivity index (χ2n) is 12.8. The first-order valence-electron chi connectivity index (χ1n) is 20.4. The number of ether oxygens (including phenoxy) is 2. The first-order chi connectivity index (χ1) is 26.8. The predicted octanol–water partition coefficient (Wildman–Crippen LogP) is 11.6. The summed E-state index contributed by atoms with van der Waals surface area (Å²) in [6, 6.07) is 0. The number of carbonyl (C=O) groups excluding carboxylic acids is 2. The van der Waals surface area contributed by atoms with Crippen LogP contribution in [0.4, 0.5) is 0 Å². The van der Waals surface area contributed by atoms with Crippen molar-refractivity contribution in [3.05, 3.63) is 109 Å². The summed E-state index contributed by atoms with van der Waals surface area (Å²) in [5.41, 5.74) is 5.33. The van der Waals surface area contributed by atoms with Crippen LogP contribution < -0.4 is 5.73 Å². The van der Waals surface area contributed by atoms with Crippen LogP contribution in [0, 0.1) is 0 Å². The van der Waals surface area contributed by atoms with Crippen molar-refractivity contribution in [2.24, 2.45) is 5.73 Å². The Balaban J connectivity index is 4.41. The van der Waals surface area contributed by atoms with Crippen LogP contribution in [0.3, 0.4) is 0 Å². The van der Waals surface area contributed by atoms with E-state index in [-0.39, 0.29) is 32.6 Å². The molecular formula is C45H72NO8P. The van der Waals surface area contributed by atoms with Gasteiger partial charge in [0.2, 0.25) is 0 Å². The van der Waals surface area contributed by atoms with Crippen LogP contribution >= 0.6 is 7.82 Å². The van der Waals surface area contributed by atoms with E-state index in [1.807, 2.05) is 12.2 Å². The van der Waals surface area contributed by atoms with Gasteiger partial charge >= 0.3 is 19.8 Å². The van der Waals surface area contributed by atoms with Gasteiger partial charge in [-0.2, -0.15) is 0 Å². The van der Waals surface area contributed by atoms with Gasteiger partial charge in [0.25, 0.3) is 0 Å². The molecule has 0 saturated carbocycles. The molecule has 0 aromatic carbocycles. The van der Waals surface area contributed by atoms with Crippen molar-refractivity contribution in [3.63, 3.8) is 0 Å². The molecule has 2 atom stereocenters. The molecule has 0 heterocycles. The van der Waals surface area contributed by atoms with Crippen LogP contribution in [-0.2, 0) is 32.7 Å². The third-order valence-electron chi connectivity index (χ3n) is 7.66. The summed E-state index contributed by atoms with van der Waals surface area (Å²) in [6.45, 7) is 3.41. The molecule has 0 amide bonds. The fourth-order valence-corrected chi connectivity index (χ4v) is 5.43. The van der Waals surface area contributed by atoms with Crippen molar-refractivity contribution in [3.8, 4) is 0 Å². The van der Waals surface area contributed by atoms with Gasteiger partial charge < -0.3 is 20.1 Å². The van der Waals surface area contributed by atoms with E-state index in [9.17, 15) is 19.0 Å². The molecule has 0 aromatic rings. The molecule has 310 valence electrons. The van der Waals surface area contributed by atoms with Crippen LogP contribution in [0.1, 0.15) is 129 Å². The van der Waals surface area contributed by atoms with Gasteiger partial charge in [0.05, 0.1) is 13.2 Å². The second kappa shape index (κ2) is 40.3. The summed E-state index contributed by atoms with van der Waals surface area (Å²) < 4.78 is 32.6. The number of phosphoric ester groups is 1. The molecule has 0 radical (unpaired) electrons. The van der Waals surface area contributed by atoms with E-state index in [0.717, 1.165) is 64.2 Å². The molecule has 0 aliphatic heterocycles. The third-order valence-corrected chi connectivity index (χ3v) is 8.64. The number of hydrogen-bond donors (Lipinski definition) is 2. The largest absolute Gasteiger partial charge is 0.472 e. The molecule has 0 aliphatic carbocycles. The van der Waals surface area contributed by atoms with Crippen molar-refractivity contribution in [2.45, 2.75) is 136 Å². The number of esters is 2. The molecule has 0 bridgehead atoms. The highest BCUT2D eigenvalue weighted by Crippen LogP contribution is 2.43. The Hall–Kier alpha value is -3.33. The Morgan fingerprint density at radius 2 is 1.02 bits per heavy atom. The summed E-state index contributed by atoms with van der Waals surface area (Å²) in [5, 5.41) is 0. The number of unbranched alkanes of at least 4 members (excludes halogenated alkanes) is 5. The Kier molecular flexibility index (Phi) is 37.9. The number of rotatable bonds is 36. The summed E-state index contributed by atoms with van der Waals surface area (Å²) >= 11 is 0. The van der Waals surface area contributed by atoms with Gasteiger partial charge in [0, 0.05) is 19.4 Å². The topological polar surface area (TPSA) is 134 Å². The van der Waals surface area contributed by atoms with E-state index in [4.69, 9.17) is 24.3 Å². The van der Waals surface area contributed by atoms with Crippen molar-refractivity contribution >= 4 is 19.8 Å². The van der Waals surface area contributed by atoms with Gasteiger partial charge in [-0.3, -0.25) is 18.6 Å². The lowest BCUT2D eigenvalue weighted by Gasteiger charge is -2.19. The fraction of sp³-hybridized carbons (Fsp3) is 0.556. The van der Waals surface area contributed by atoms with Crippen molar-refractivity contribution < 1.29 is 37.6 Å². The number of hydrogen-bond acceptors (Lipinski definition) is 8. The van der Waals surface area contributed by atoms with Gasteiger partial charge in [-0.15, -0.1) is 0 Å². The molecule has 10 heteroatoms. The first-order valence-corrected chi connectivity index (χ1v) is 21.9. The maximum atomic E-state index is 12.5. The summed E-state index contributed by atoms with van der Waals surface area (Å²) in [7, 11) is -4.41. The van der Waals surface area contributed by atoms with Gasteiger partial charge in [-0.25, -0.2) is 4.57 Å². The molecule has 0 aliphatic rings. The Labute approximate surface area is 333 Å². The first kappa shape index (κ1) is 51.7. The zero-order chi connectivity index (χ0) is 40.3. The molecule has 0 rings (SSSR count). The van der Waals surface area contributed by atoms with Gasteiger partial charge in [0.1, 0.15) is 6.61 Å². The Morgan fingerprint density at radius 1 is 0.564 bits per heavy atom. The molecule has 1 unspecified atom stereocenters. The number of allylic oxidation sites excluding steroid dienone is 18. The van der Waals surface area contributed by atoms with E-state index in [1.165, 1.54) is 25.7 Å². The number of carbonyl (C=O) groups is 2. The smallest absolute Gasteiger partial charge is 0.462 e. The van der Waals surface area contributed by atoms with Crippen molar-refractivity contribution in [1.82, 2.24) is 0 Å². The zero-order valence-electron chi connectivity index (χ0n) is 33.9. The Bertz CT molecular complexity index is 1260. The molecule has 0 aromatic heterocycles. The van der Waals surface area contributed by atoms with Crippen LogP contribution in [0.25, 0.3) is 0 Å². The van der Waals surface area contributed by atoms with Crippen molar-refractivity contribution in [2.75, 3.05) is 26.4 Å². The maximum absolute atomic E-state index is 12.5. The van der Waals surface area contributed by atoms with E-state index in [0.29, 0.717) is 12.8 Å². The van der Waals surface area contributed by atoms with Gasteiger partial charge in [0.15, 0.2) is 6.10 Å². The molecular weight excluding hydrogens is 713 g/mol. The number of phosphoric acid groups is 1. The zero-order valence-corrected chi connectivity index (χ0v) is 34.7. The second-order valence-corrected chi connectivity index (χ2v) is 14.2. The van der Waals surface area contributed by atoms with Crippen LogP contribution in [-0.4, -0.2) is 49.3 Å². The molecule has 0 fully saturated rings. The molecule has 3 N–H and O–H groups in total. The highest BCUT2D eigenvalue weighted by atomic mass is 31.2. The molecule has 9 nitrogen and oxygen atoms in total. The lowest BCUT2D eigenvalue weighted by atomic mass is 10.2. The summed E-state index contributed by atoms with van der Waals surface area (Å²) in [5.74, 6) is -0.988. The van der Waals surface area contributed by atoms with Crippen LogP contribution in [0.5, 0.6) is 0 Å². The standard InChI is InChI=1S/C45H72NO8P/c1-3-5-7-9-11-13-15-17-19-20-21-22-24-25-27-29-31-33-35-37-44(47)51-41-43(42-53-55(49,50)52-40-39-46)54-45(48)38-36-34-32-30-28-26-23-18-16-14-12-10-8-6-4-2/h6,8,11-14,17-19,21-23,25,27-28,30-31,33,43H,3-5,7,9-10,15-16,20,24,26,29,32,34-42,46H2,1-2H3,(H,49,50)/b8-6+,13-11+,14-12+,19-17+,22-21+,23-18+,27-25+,30-28+,33-31+/t43-/m1/s1.